The zero-order chi connectivity index (χ0) is 17.6. The number of hydrogen-bond donors (Lipinski definition) is 1. The summed E-state index contributed by atoms with van der Waals surface area (Å²) in [6.45, 7) is -0.303. The lowest BCUT2D eigenvalue weighted by Crippen LogP contribution is -2.21. The fraction of sp³-hybridized carbons (Fsp3) is 0.100. The van der Waals surface area contributed by atoms with E-state index in [1.165, 1.54) is 0 Å². The Kier molecular flexibility index (Phi) is 5.46. The van der Waals surface area contributed by atoms with Gasteiger partial charge in [0.05, 0.1) is 6.42 Å². The smallest absolute Gasteiger partial charge is 0.310 e. The summed E-state index contributed by atoms with van der Waals surface area (Å²) in [5, 5.41) is 4.86. The largest absolute Gasteiger partial charge is 0.455 e. The molecule has 0 spiro atoms. The van der Waals surface area contributed by atoms with Gasteiger partial charge < -0.3 is 10.1 Å². The van der Waals surface area contributed by atoms with Crippen LogP contribution in [-0.4, -0.2) is 18.5 Å². The predicted octanol–water partition coefficient (Wildman–Crippen LogP) is 4.33. The van der Waals surface area contributed by atoms with E-state index in [4.69, 9.17) is 4.74 Å². The summed E-state index contributed by atoms with van der Waals surface area (Å²) in [7, 11) is 0. The number of esters is 1. The Morgan fingerprint density at radius 3 is 2.40 bits per heavy atom. The van der Waals surface area contributed by atoms with Crippen molar-refractivity contribution < 1.29 is 14.3 Å². The molecule has 0 fully saturated rings. The van der Waals surface area contributed by atoms with E-state index in [1.54, 1.807) is 12.1 Å². The lowest BCUT2D eigenvalue weighted by molar-refractivity contribution is -0.146. The van der Waals surface area contributed by atoms with E-state index in [-0.39, 0.29) is 18.9 Å². The van der Waals surface area contributed by atoms with Gasteiger partial charge in [0, 0.05) is 10.2 Å². The summed E-state index contributed by atoms with van der Waals surface area (Å²) in [5.74, 6) is -0.796. The van der Waals surface area contributed by atoms with E-state index >= 15 is 0 Å². The van der Waals surface area contributed by atoms with E-state index in [0.29, 0.717) is 5.69 Å². The van der Waals surface area contributed by atoms with Gasteiger partial charge in [-0.05, 0) is 40.6 Å². The molecule has 0 bridgehead atoms. The first kappa shape index (κ1) is 17.2. The summed E-state index contributed by atoms with van der Waals surface area (Å²) in [6.07, 6.45) is 0.135. The van der Waals surface area contributed by atoms with Crippen molar-refractivity contribution in [3.05, 3.63) is 76.8 Å². The molecule has 0 unspecified atom stereocenters. The molecule has 0 atom stereocenters. The number of hydrogen-bond acceptors (Lipinski definition) is 3. The van der Waals surface area contributed by atoms with Gasteiger partial charge in [-0.1, -0.05) is 58.4 Å². The SMILES string of the molecule is O=C(COC(=O)Cc1ccc2ccccc2c1)Nc1ccc(Br)cc1. The molecule has 0 saturated carbocycles. The number of amides is 1. The van der Waals surface area contributed by atoms with Crippen molar-refractivity contribution in [2.75, 3.05) is 11.9 Å². The zero-order valence-corrected chi connectivity index (χ0v) is 15.0. The van der Waals surface area contributed by atoms with Crippen LogP contribution in [0.3, 0.4) is 0 Å². The third-order valence-electron chi connectivity index (χ3n) is 3.65. The van der Waals surface area contributed by atoms with Crippen LogP contribution in [0.4, 0.5) is 5.69 Å². The molecule has 1 amide bonds. The molecule has 0 aromatic heterocycles. The van der Waals surface area contributed by atoms with E-state index in [0.717, 1.165) is 20.8 Å². The van der Waals surface area contributed by atoms with E-state index in [2.05, 4.69) is 21.2 Å². The number of halogens is 1. The van der Waals surface area contributed by atoms with Crippen LogP contribution in [0.15, 0.2) is 71.2 Å². The van der Waals surface area contributed by atoms with Gasteiger partial charge in [0.25, 0.3) is 5.91 Å². The van der Waals surface area contributed by atoms with Crippen molar-refractivity contribution in [1.29, 1.82) is 0 Å². The van der Waals surface area contributed by atoms with Gasteiger partial charge in [-0.3, -0.25) is 9.59 Å². The van der Waals surface area contributed by atoms with Gasteiger partial charge in [0.15, 0.2) is 6.61 Å². The van der Waals surface area contributed by atoms with Crippen molar-refractivity contribution in [1.82, 2.24) is 0 Å². The van der Waals surface area contributed by atoms with Crippen LogP contribution in [0.5, 0.6) is 0 Å². The van der Waals surface area contributed by atoms with E-state index < -0.39 is 5.97 Å². The molecule has 5 heteroatoms. The molecule has 4 nitrogen and oxygen atoms in total. The van der Waals surface area contributed by atoms with Gasteiger partial charge in [-0.15, -0.1) is 0 Å². The number of anilines is 1. The third-order valence-corrected chi connectivity index (χ3v) is 4.18. The van der Waals surface area contributed by atoms with Crippen LogP contribution in [0, 0.1) is 0 Å². The number of carbonyl (C=O) groups excluding carboxylic acids is 2. The van der Waals surface area contributed by atoms with Crippen LogP contribution in [0.2, 0.25) is 0 Å². The second-order valence-corrected chi connectivity index (χ2v) is 6.49. The molecule has 25 heavy (non-hydrogen) atoms. The van der Waals surface area contributed by atoms with Crippen molar-refractivity contribution in [3.63, 3.8) is 0 Å². The maximum Gasteiger partial charge on any atom is 0.310 e. The van der Waals surface area contributed by atoms with Crippen LogP contribution < -0.4 is 5.32 Å². The first-order valence-electron chi connectivity index (χ1n) is 7.79. The van der Waals surface area contributed by atoms with E-state index in [9.17, 15) is 9.59 Å². The highest BCUT2D eigenvalue weighted by Crippen LogP contribution is 2.16. The fourth-order valence-electron chi connectivity index (χ4n) is 2.44. The molecule has 3 rings (SSSR count). The topological polar surface area (TPSA) is 55.4 Å². The average molecular weight is 398 g/mol. The normalized spacial score (nSPS) is 10.4. The highest BCUT2D eigenvalue weighted by Gasteiger charge is 2.09. The Morgan fingerprint density at radius 1 is 0.920 bits per heavy atom. The Balaban J connectivity index is 1.51. The number of rotatable bonds is 5. The molecule has 126 valence electrons. The number of ether oxygens (including phenoxy) is 1. The number of carbonyl (C=O) groups is 2. The quantitative estimate of drug-likeness (QED) is 0.651. The highest BCUT2D eigenvalue weighted by atomic mass is 79.9. The zero-order valence-electron chi connectivity index (χ0n) is 13.4. The Hall–Kier alpha value is -2.66. The monoisotopic (exact) mass is 397 g/mol. The Labute approximate surface area is 153 Å². The Bertz CT molecular complexity index is 906. The van der Waals surface area contributed by atoms with Gasteiger partial charge in [-0.2, -0.15) is 0 Å². The molecule has 1 N–H and O–H groups in total. The van der Waals surface area contributed by atoms with Gasteiger partial charge >= 0.3 is 5.97 Å². The van der Waals surface area contributed by atoms with Crippen molar-refractivity contribution in [3.8, 4) is 0 Å². The molecule has 3 aromatic rings. The molecule has 0 saturated heterocycles. The predicted molar refractivity (Wildman–Crippen MR) is 101 cm³/mol. The molecular weight excluding hydrogens is 382 g/mol. The van der Waals surface area contributed by atoms with Gasteiger partial charge in [0.2, 0.25) is 0 Å². The highest BCUT2D eigenvalue weighted by molar-refractivity contribution is 9.10. The number of fused-ring (bicyclic) bond motifs is 1. The molecule has 0 radical (unpaired) electrons. The second-order valence-electron chi connectivity index (χ2n) is 5.57. The number of benzene rings is 3. The Morgan fingerprint density at radius 2 is 1.64 bits per heavy atom. The minimum absolute atomic E-state index is 0.135. The first-order valence-corrected chi connectivity index (χ1v) is 8.58. The summed E-state index contributed by atoms with van der Waals surface area (Å²) in [5.41, 5.74) is 1.51. The summed E-state index contributed by atoms with van der Waals surface area (Å²) < 4.78 is 5.98. The lowest BCUT2D eigenvalue weighted by Gasteiger charge is -2.07. The minimum Gasteiger partial charge on any atom is -0.455 e. The van der Waals surface area contributed by atoms with Crippen LogP contribution in [0.25, 0.3) is 10.8 Å². The average Bonchev–Trinajstić information content (AvgIpc) is 2.62. The molecule has 0 aliphatic heterocycles. The molecule has 0 aliphatic rings. The third kappa shape index (κ3) is 4.90. The van der Waals surface area contributed by atoms with Crippen molar-refractivity contribution in [2.45, 2.75) is 6.42 Å². The number of nitrogens with one attached hydrogen (secondary N) is 1. The lowest BCUT2D eigenvalue weighted by atomic mass is 10.1. The van der Waals surface area contributed by atoms with Crippen LogP contribution in [-0.2, 0) is 20.7 Å². The van der Waals surface area contributed by atoms with Crippen LogP contribution in [0.1, 0.15) is 5.56 Å². The molecule has 3 aromatic carbocycles. The maximum atomic E-state index is 11.9. The molecule has 0 aliphatic carbocycles. The second kappa shape index (κ2) is 7.94. The first-order chi connectivity index (χ1) is 12.1. The fourth-order valence-corrected chi connectivity index (χ4v) is 2.71. The summed E-state index contributed by atoms with van der Waals surface area (Å²) in [4.78, 5) is 23.8. The van der Waals surface area contributed by atoms with E-state index in [1.807, 2.05) is 54.6 Å². The van der Waals surface area contributed by atoms with Crippen molar-refractivity contribution >= 4 is 44.3 Å². The summed E-state index contributed by atoms with van der Waals surface area (Å²) >= 11 is 3.33. The van der Waals surface area contributed by atoms with Gasteiger partial charge in [-0.25, -0.2) is 0 Å². The van der Waals surface area contributed by atoms with Gasteiger partial charge in [0.1, 0.15) is 0 Å². The minimum atomic E-state index is -0.429. The maximum absolute atomic E-state index is 11.9. The molecular formula is C20H16BrNO3. The molecule has 0 heterocycles. The standard InChI is InChI=1S/C20H16BrNO3/c21-17-7-9-18(10-8-17)22-19(23)13-25-20(24)12-14-5-6-15-3-1-2-4-16(15)11-14/h1-11H,12-13H2,(H,22,23). The van der Waals surface area contributed by atoms with Crippen molar-refractivity contribution in [2.24, 2.45) is 0 Å². The summed E-state index contributed by atoms with van der Waals surface area (Å²) in [6, 6.07) is 20.9. The van der Waals surface area contributed by atoms with Crippen LogP contribution >= 0.6 is 15.9 Å².